The molecule has 1 N–H and O–H groups in total. The fourth-order valence-corrected chi connectivity index (χ4v) is 4.87. The Bertz CT molecular complexity index is 942. The van der Waals surface area contributed by atoms with Gasteiger partial charge in [-0.1, -0.05) is 26.0 Å². The molecular formula is C21H25FN2O3S. The quantitative estimate of drug-likeness (QED) is 0.819. The number of benzene rings is 2. The second-order valence-electron chi connectivity index (χ2n) is 7.43. The Balaban J connectivity index is 1.71. The van der Waals surface area contributed by atoms with E-state index in [2.05, 4.69) is 19.2 Å². The number of rotatable bonds is 5. The van der Waals surface area contributed by atoms with Gasteiger partial charge in [0.25, 0.3) is 0 Å². The van der Waals surface area contributed by atoms with Gasteiger partial charge >= 0.3 is 0 Å². The van der Waals surface area contributed by atoms with Gasteiger partial charge in [0.15, 0.2) is 0 Å². The van der Waals surface area contributed by atoms with Crippen LogP contribution in [0, 0.1) is 11.7 Å². The predicted octanol–water partition coefficient (Wildman–Crippen LogP) is 3.99. The Kier molecular flexibility index (Phi) is 6.15. The largest absolute Gasteiger partial charge is 0.326 e. The van der Waals surface area contributed by atoms with Gasteiger partial charge in [-0.25, -0.2) is 12.8 Å². The minimum atomic E-state index is -3.75. The van der Waals surface area contributed by atoms with E-state index < -0.39 is 21.8 Å². The lowest BCUT2D eigenvalue weighted by Gasteiger charge is -2.31. The van der Waals surface area contributed by atoms with Crippen molar-refractivity contribution in [2.24, 2.45) is 5.92 Å². The second kappa shape index (κ2) is 8.41. The van der Waals surface area contributed by atoms with Crippen LogP contribution >= 0.6 is 0 Å². The van der Waals surface area contributed by atoms with Crippen LogP contribution in [-0.2, 0) is 14.8 Å². The SMILES string of the molecule is CC(C)c1cccc(NC(=O)C2CCCN(S(=O)(=O)c3ccc(F)cc3)C2)c1. The fourth-order valence-electron chi connectivity index (χ4n) is 3.35. The number of carbonyl (C=O) groups is 1. The third kappa shape index (κ3) is 4.59. The van der Waals surface area contributed by atoms with Crippen molar-refractivity contribution in [3.63, 3.8) is 0 Å². The normalized spacial score (nSPS) is 18.2. The van der Waals surface area contributed by atoms with Gasteiger partial charge in [0.1, 0.15) is 5.82 Å². The molecule has 150 valence electrons. The summed E-state index contributed by atoms with van der Waals surface area (Å²) in [5.41, 5.74) is 1.84. The van der Waals surface area contributed by atoms with Crippen molar-refractivity contribution in [3.05, 3.63) is 59.9 Å². The molecule has 1 heterocycles. The molecule has 1 unspecified atom stereocenters. The lowest BCUT2D eigenvalue weighted by molar-refractivity contribution is -0.120. The number of hydrogen-bond acceptors (Lipinski definition) is 3. The molecular weight excluding hydrogens is 379 g/mol. The van der Waals surface area contributed by atoms with Crippen molar-refractivity contribution in [2.75, 3.05) is 18.4 Å². The highest BCUT2D eigenvalue weighted by atomic mass is 32.2. The molecule has 1 aliphatic heterocycles. The smallest absolute Gasteiger partial charge is 0.243 e. The highest BCUT2D eigenvalue weighted by Crippen LogP contribution is 2.25. The zero-order chi connectivity index (χ0) is 20.3. The first kappa shape index (κ1) is 20.5. The van der Waals surface area contributed by atoms with Crippen LogP contribution < -0.4 is 5.32 Å². The van der Waals surface area contributed by atoms with Gasteiger partial charge < -0.3 is 5.32 Å². The summed E-state index contributed by atoms with van der Waals surface area (Å²) in [6.07, 6.45) is 1.23. The molecule has 2 aromatic rings. The van der Waals surface area contributed by atoms with Crippen LogP contribution in [0.4, 0.5) is 10.1 Å². The van der Waals surface area contributed by atoms with Crippen LogP contribution in [0.3, 0.4) is 0 Å². The molecule has 0 aromatic heterocycles. The first-order valence-electron chi connectivity index (χ1n) is 9.44. The third-order valence-electron chi connectivity index (χ3n) is 5.03. The molecule has 1 atom stereocenters. The Labute approximate surface area is 165 Å². The number of sulfonamides is 1. The van der Waals surface area contributed by atoms with E-state index in [4.69, 9.17) is 0 Å². The number of anilines is 1. The van der Waals surface area contributed by atoms with Crippen molar-refractivity contribution in [3.8, 4) is 0 Å². The maximum Gasteiger partial charge on any atom is 0.243 e. The number of nitrogens with one attached hydrogen (secondary N) is 1. The van der Waals surface area contributed by atoms with E-state index in [0.717, 1.165) is 23.4 Å². The van der Waals surface area contributed by atoms with Gasteiger partial charge in [0.05, 0.1) is 10.8 Å². The van der Waals surface area contributed by atoms with Crippen molar-refractivity contribution >= 4 is 21.6 Å². The molecule has 0 saturated carbocycles. The summed E-state index contributed by atoms with van der Waals surface area (Å²) in [5, 5.41) is 2.92. The number of halogens is 1. The van der Waals surface area contributed by atoms with E-state index in [1.165, 1.54) is 16.4 Å². The van der Waals surface area contributed by atoms with E-state index in [9.17, 15) is 17.6 Å². The lowest BCUT2D eigenvalue weighted by Crippen LogP contribution is -2.43. The molecule has 0 bridgehead atoms. The summed E-state index contributed by atoms with van der Waals surface area (Å²) in [6, 6.07) is 12.5. The highest BCUT2D eigenvalue weighted by molar-refractivity contribution is 7.89. The summed E-state index contributed by atoms with van der Waals surface area (Å²) >= 11 is 0. The van der Waals surface area contributed by atoms with Crippen LogP contribution in [0.1, 0.15) is 38.2 Å². The minimum absolute atomic E-state index is 0.0413. The van der Waals surface area contributed by atoms with Crippen LogP contribution in [0.15, 0.2) is 53.4 Å². The summed E-state index contributed by atoms with van der Waals surface area (Å²) in [7, 11) is -3.75. The monoisotopic (exact) mass is 404 g/mol. The third-order valence-corrected chi connectivity index (χ3v) is 6.91. The zero-order valence-electron chi connectivity index (χ0n) is 16.1. The van der Waals surface area contributed by atoms with Crippen molar-refractivity contribution in [2.45, 2.75) is 37.5 Å². The summed E-state index contributed by atoms with van der Waals surface area (Å²) in [4.78, 5) is 12.8. The maximum atomic E-state index is 13.1. The van der Waals surface area contributed by atoms with Gasteiger partial charge in [0, 0.05) is 18.8 Å². The molecule has 2 aromatic carbocycles. The molecule has 1 fully saturated rings. The van der Waals surface area contributed by atoms with E-state index in [-0.39, 0.29) is 17.3 Å². The predicted molar refractivity (Wildman–Crippen MR) is 107 cm³/mol. The molecule has 1 amide bonds. The van der Waals surface area contributed by atoms with Crippen LogP contribution in [0.2, 0.25) is 0 Å². The Morgan fingerprint density at radius 3 is 2.57 bits per heavy atom. The van der Waals surface area contributed by atoms with Crippen molar-refractivity contribution < 1.29 is 17.6 Å². The molecule has 3 rings (SSSR count). The fraction of sp³-hybridized carbons (Fsp3) is 0.381. The number of carbonyl (C=O) groups excluding carboxylic acids is 1. The average molecular weight is 405 g/mol. The van der Waals surface area contributed by atoms with E-state index in [1.54, 1.807) is 0 Å². The number of amides is 1. The van der Waals surface area contributed by atoms with Crippen LogP contribution in [-0.4, -0.2) is 31.7 Å². The van der Waals surface area contributed by atoms with E-state index in [0.29, 0.717) is 25.3 Å². The summed E-state index contributed by atoms with van der Waals surface area (Å²) < 4.78 is 40.1. The van der Waals surface area contributed by atoms with Crippen LogP contribution in [0.25, 0.3) is 0 Å². The highest BCUT2D eigenvalue weighted by Gasteiger charge is 2.33. The first-order chi connectivity index (χ1) is 13.3. The molecule has 7 heteroatoms. The Hall–Kier alpha value is -2.25. The maximum absolute atomic E-state index is 13.1. The van der Waals surface area contributed by atoms with Crippen molar-refractivity contribution in [1.82, 2.24) is 4.31 Å². The van der Waals surface area contributed by atoms with Gasteiger partial charge in [-0.05, 0) is 60.7 Å². The second-order valence-corrected chi connectivity index (χ2v) is 9.36. The summed E-state index contributed by atoms with van der Waals surface area (Å²) in [5.74, 6) is -0.743. The van der Waals surface area contributed by atoms with Crippen molar-refractivity contribution in [1.29, 1.82) is 0 Å². The molecule has 1 saturated heterocycles. The first-order valence-corrected chi connectivity index (χ1v) is 10.9. The topological polar surface area (TPSA) is 66.5 Å². The van der Waals surface area contributed by atoms with E-state index in [1.807, 2.05) is 24.3 Å². The van der Waals surface area contributed by atoms with Gasteiger partial charge in [-0.15, -0.1) is 0 Å². The molecule has 1 aliphatic rings. The Morgan fingerprint density at radius 1 is 1.18 bits per heavy atom. The molecule has 0 aliphatic carbocycles. The summed E-state index contributed by atoms with van der Waals surface area (Å²) in [6.45, 7) is 4.64. The standard InChI is InChI=1S/C21H25FN2O3S/c1-15(2)16-5-3-7-19(13-16)23-21(25)17-6-4-12-24(14-17)28(26,27)20-10-8-18(22)9-11-20/h3,5,7-11,13,15,17H,4,6,12,14H2,1-2H3,(H,23,25). The number of nitrogens with zero attached hydrogens (tertiary/aromatic N) is 1. The minimum Gasteiger partial charge on any atom is -0.326 e. The molecule has 0 radical (unpaired) electrons. The van der Waals surface area contributed by atoms with E-state index >= 15 is 0 Å². The molecule has 5 nitrogen and oxygen atoms in total. The van der Waals surface area contributed by atoms with Gasteiger partial charge in [-0.2, -0.15) is 4.31 Å². The Morgan fingerprint density at radius 2 is 1.89 bits per heavy atom. The lowest BCUT2D eigenvalue weighted by atomic mass is 9.98. The molecule has 0 spiro atoms. The average Bonchev–Trinajstić information content (AvgIpc) is 2.68. The number of hydrogen-bond donors (Lipinski definition) is 1. The van der Waals surface area contributed by atoms with Crippen LogP contribution in [0.5, 0.6) is 0 Å². The zero-order valence-corrected chi connectivity index (χ0v) is 16.9. The van der Waals surface area contributed by atoms with Gasteiger partial charge in [0.2, 0.25) is 15.9 Å². The number of piperidine rings is 1. The molecule has 28 heavy (non-hydrogen) atoms. The van der Waals surface area contributed by atoms with Gasteiger partial charge in [-0.3, -0.25) is 4.79 Å².